The lowest BCUT2D eigenvalue weighted by molar-refractivity contribution is 0.0859. The first-order valence-corrected chi connectivity index (χ1v) is 18.6. The highest BCUT2D eigenvalue weighted by atomic mass is 35.5. The first kappa shape index (κ1) is 35.1. The number of imide groups is 1. The van der Waals surface area contributed by atoms with Gasteiger partial charge in [-0.3, -0.25) is 15.4 Å². The van der Waals surface area contributed by atoms with Gasteiger partial charge in [0, 0.05) is 18.5 Å². The number of urea groups is 1. The van der Waals surface area contributed by atoms with Crippen molar-refractivity contribution < 1.29 is 27.5 Å². The van der Waals surface area contributed by atoms with Crippen LogP contribution in [0.25, 0.3) is 21.3 Å². The van der Waals surface area contributed by atoms with Crippen molar-refractivity contribution in [1.82, 2.24) is 15.2 Å². The summed E-state index contributed by atoms with van der Waals surface area (Å²) in [6.45, 7) is 6.81. The van der Waals surface area contributed by atoms with Gasteiger partial charge in [0.25, 0.3) is 5.91 Å². The quantitative estimate of drug-likeness (QED) is 0.156. The molecule has 4 amide bonds. The number of amides is 4. The molecule has 50 heavy (non-hydrogen) atoms. The lowest BCUT2D eigenvalue weighted by atomic mass is 9.98. The summed E-state index contributed by atoms with van der Waals surface area (Å²) in [4.78, 5) is 44.4. The zero-order chi connectivity index (χ0) is 35.8. The zero-order valence-electron chi connectivity index (χ0n) is 27.8. The number of carbonyl (C=O) groups excluding carboxylic acids is 3. The number of hydrogen-bond donors (Lipinski definition) is 2. The van der Waals surface area contributed by atoms with Crippen molar-refractivity contribution in [2.75, 3.05) is 18.5 Å². The van der Waals surface area contributed by atoms with E-state index in [4.69, 9.17) is 16.3 Å². The maximum atomic E-state index is 14.1. The van der Waals surface area contributed by atoms with Crippen LogP contribution >= 0.6 is 22.9 Å². The van der Waals surface area contributed by atoms with Gasteiger partial charge in [0.1, 0.15) is 6.61 Å². The van der Waals surface area contributed by atoms with Crippen LogP contribution in [0.4, 0.5) is 14.7 Å². The number of nitrogens with one attached hydrogen (secondary N) is 2. The monoisotopic (exact) mass is 730 g/mol. The molecule has 1 heterocycles. The Kier molecular flexibility index (Phi) is 9.71. The van der Waals surface area contributed by atoms with E-state index in [1.807, 2.05) is 50.2 Å². The van der Waals surface area contributed by atoms with Gasteiger partial charge < -0.3 is 9.64 Å². The average Bonchev–Trinajstić information content (AvgIpc) is 3.63. The summed E-state index contributed by atoms with van der Waals surface area (Å²) in [5, 5.41) is 5.09. The van der Waals surface area contributed by atoms with Crippen LogP contribution in [0.3, 0.4) is 0 Å². The van der Waals surface area contributed by atoms with Gasteiger partial charge in [-0.05, 0) is 80.3 Å². The van der Waals surface area contributed by atoms with Crippen LogP contribution in [0.5, 0.6) is 0 Å². The van der Waals surface area contributed by atoms with E-state index in [1.54, 1.807) is 32.0 Å². The second-order valence-corrected chi connectivity index (χ2v) is 16.8. The number of fused-ring (bicyclic) bond motifs is 4. The lowest BCUT2D eigenvalue weighted by Crippen LogP contribution is -2.49. The third-order valence-electron chi connectivity index (χ3n) is 8.71. The lowest BCUT2D eigenvalue weighted by Gasteiger charge is -2.34. The molecule has 1 aliphatic carbocycles. The molecule has 2 N–H and O–H groups in total. The van der Waals surface area contributed by atoms with Gasteiger partial charge >= 0.3 is 12.1 Å². The van der Waals surface area contributed by atoms with Crippen molar-refractivity contribution in [3.8, 4) is 11.1 Å². The number of benzene rings is 4. The van der Waals surface area contributed by atoms with Crippen molar-refractivity contribution in [2.45, 2.75) is 49.3 Å². The molecular weight excluding hydrogens is 696 g/mol. The molecule has 0 radical (unpaired) electrons. The van der Waals surface area contributed by atoms with Crippen LogP contribution in [0.15, 0.2) is 95.9 Å². The third kappa shape index (κ3) is 6.83. The van der Waals surface area contributed by atoms with Crippen molar-refractivity contribution in [1.29, 1.82) is 0 Å². The van der Waals surface area contributed by atoms with Gasteiger partial charge in [-0.1, -0.05) is 83.6 Å². The topological polar surface area (TPSA) is 135 Å². The highest BCUT2D eigenvalue weighted by Crippen LogP contribution is 2.44. The smallest absolute Gasteiger partial charge is 0.410 e. The Hall–Kier alpha value is -4.78. The number of ether oxygens (including phenoxy) is 1. The van der Waals surface area contributed by atoms with Gasteiger partial charge in [-0.15, -0.1) is 0 Å². The second kappa shape index (κ2) is 13.9. The van der Waals surface area contributed by atoms with E-state index in [0.29, 0.717) is 10.2 Å². The number of carbonyl (C=O) groups is 3. The molecule has 0 saturated carbocycles. The van der Waals surface area contributed by atoms with Crippen LogP contribution < -0.4 is 10.6 Å². The van der Waals surface area contributed by atoms with E-state index in [1.165, 1.54) is 29.2 Å². The molecule has 0 unspecified atom stereocenters. The van der Waals surface area contributed by atoms with Gasteiger partial charge in [-0.25, -0.2) is 23.0 Å². The molecule has 4 aromatic carbocycles. The molecule has 1 aliphatic rings. The summed E-state index contributed by atoms with van der Waals surface area (Å²) in [6.07, 6.45) is -0.593. The standard InChI is InChI=1S/C37H35ClN4O6S2/c1-22(2)42(36(45)48-20-29-26-13-7-5-11-24(26)25-12-6-8-14-27(25)29)21-37(3,4)50(46,47)23-17-18-31-32(19-23)49-35(39-31)41-34(44)40-33(43)28-15-9-10-16-30(28)38/h5-19,22,29H,20-21H2,1-4H3,(H2,39,40,41,43,44). The maximum Gasteiger partial charge on any atom is 0.410 e. The van der Waals surface area contributed by atoms with Crippen LogP contribution in [-0.2, 0) is 14.6 Å². The van der Waals surface area contributed by atoms with Gasteiger partial charge in [0.15, 0.2) is 15.0 Å². The predicted octanol–water partition coefficient (Wildman–Crippen LogP) is 8.12. The number of halogens is 1. The first-order chi connectivity index (χ1) is 23.8. The molecule has 10 nitrogen and oxygen atoms in total. The van der Waals surface area contributed by atoms with Crippen LogP contribution in [-0.4, -0.2) is 60.3 Å². The molecule has 0 saturated heterocycles. The first-order valence-electron chi connectivity index (χ1n) is 15.9. The number of hydrogen-bond acceptors (Lipinski definition) is 8. The minimum Gasteiger partial charge on any atom is -0.448 e. The Balaban J connectivity index is 1.14. The SMILES string of the molecule is CC(C)N(CC(C)(C)S(=O)(=O)c1ccc2nc(NC(=O)NC(=O)c3ccccc3Cl)sc2c1)C(=O)OCC1c2ccccc2-c2ccccc21. The Morgan fingerprint density at radius 3 is 2.20 bits per heavy atom. The van der Waals surface area contributed by atoms with E-state index in [2.05, 4.69) is 27.8 Å². The van der Waals surface area contributed by atoms with Crippen molar-refractivity contribution in [3.63, 3.8) is 0 Å². The van der Waals surface area contributed by atoms with E-state index in [-0.39, 0.29) is 45.7 Å². The number of anilines is 1. The van der Waals surface area contributed by atoms with Crippen molar-refractivity contribution in [2.24, 2.45) is 0 Å². The summed E-state index contributed by atoms with van der Waals surface area (Å²) >= 11 is 7.11. The normalized spacial score (nSPS) is 12.8. The molecule has 0 atom stereocenters. The second-order valence-electron chi connectivity index (χ2n) is 12.8. The summed E-state index contributed by atoms with van der Waals surface area (Å²) in [5.74, 6) is -0.810. The van der Waals surface area contributed by atoms with Crippen LogP contribution in [0, 0.1) is 0 Å². The largest absolute Gasteiger partial charge is 0.448 e. The zero-order valence-corrected chi connectivity index (χ0v) is 30.2. The molecule has 0 spiro atoms. The Labute approximate surface area is 299 Å². The summed E-state index contributed by atoms with van der Waals surface area (Å²) in [5.41, 5.74) is 5.00. The molecule has 0 fully saturated rings. The summed E-state index contributed by atoms with van der Waals surface area (Å²) in [7, 11) is -3.99. The van der Waals surface area contributed by atoms with Crippen LogP contribution in [0.1, 0.15) is 55.1 Å². The van der Waals surface area contributed by atoms with E-state index >= 15 is 0 Å². The molecule has 0 aliphatic heterocycles. The average molecular weight is 731 g/mol. The molecular formula is C37H35ClN4O6S2. The highest BCUT2D eigenvalue weighted by Gasteiger charge is 2.40. The Bertz CT molecular complexity index is 2190. The van der Waals surface area contributed by atoms with E-state index in [9.17, 15) is 22.8 Å². The fraction of sp³-hybridized carbons (Fsp3) is 0.243. The highest BCUT2D eigenvalue weighted by molar-refractivity contribution is 7.92. The molecule has 6 rings (SSSR count). The predicted molar refractivity (Wildman–Crippen MR) is 196 cm³/mol. The fourth-order valence-electron chi connectivity index (χ4n) is 6.02. The Morgan fingerprint density at radius 2 is 1.56 bits per heavy atom. The fourth-order valence-corrected chi connectivity index (χ4v) is 8.68. The summed E-state index contributed by atoms with van der Waals surface area (Å²) in [6, 6.07) is 25.8. The molecule has 0 bridgehead atoms. The number of sulfone groups is 1. The van der Waals surface area contributed by atoms with E-state index < -0.39 is 32.6 Å². The van der Waals surface area contributed by atoms with Crippen molar-refractivity contribution in [3.05, 3.63) is 113 Å². The van der Waals surface area contributed by atoms with Crippen molar-refractivity contribution >= 4 is 66.2 Å². The summed E-state index contributed by atoms with van der Waals surface area (Å²) < 4.78 is 33.1. The third-order valence-corrected chi connectivity index (χ3v) is 12.4. The van der Waals surface area contributed by atoms with Gasteiger partial charge in [0.2, 0.25) is 0 Å². The van der Waals surface area contributed by atoms with Gasteiger partial charge in [-0.2, -0.15) is 0 Å². The maximum absolute atomic E-state index is 14.1. The minimum atomic E-state index is -3.99. The molecule has 1 aromatic heterocycles. The molecule has 5 aromatic rings. The Morgan fingerprint density at radius 1 is 0.940 bits per heavy atom. The van der Waals surface area contributed by atoms with E-state index in [0.717, 1.165) is 33.6 Å². The number of nitrogens with zero attached hydrogens (tertiary/aromatic N) is 2. The van der Waals surface area contributed by atoms with Gasteiger partial charge in [0.05, 0.1) is 30.4 Å². The number of rotatable bonds is 9. The number of aromatic nitrogens is 1. The molecule has 258 valence electrons. The molecule has 13 heteroatoms. The minimum absolute atomic E-state index is 0.0415. The number of thiazole rings is 1. The van der Waals surface area contributed by atoms with Crippen LogP contribution in [0.2, 0.25) is 5.02 Å².